The van der Waals surface area contributed by atoms with Gasteiger partial charge in [-0.2, -0.15) is 0 Å². The summed E-state index contributed by atoms with van der Waals surface area (Å²) in [6, 6.07) is 11.3. The van der Waals surface area contributed by atoms with Crippen LogP contribution in [0.4, 0.5) is 0 Å². The predicted octanol–water partition coefficient (Wildman–Crippen LogP) is 4.60. The van der Waals surface area contributed by atoms with Gasteiger partial charge < -0.3 is 9.51 Å². The van der Waals surface area contributed by atoms with E-state index in [2.05, 4.69) is 34.6 Å². The largest absolute Gasteiger partial charge is 0.508 e. The van der Waals surface area contributed by atoms with Crippen LogP contribution in [0.1, 0.15) is 19.8 Å². The number of thioether (sulfide) groups is 1. The molecule has 0 atom stereocenters. The molecule has 3 nitrogen and oxygen atoms in total. The quantitative estimate of drug-likeness (QED) is 0.552. The minimum absolute atomic E-state index is 0.275. The lowest BCUT2D eigenvalue weighted by atomic mass is 10.2. The Balaban J connectivity index is 1.87. The normalized spacial score (nSPS) is 11.1. The number of aromatic hydroxyl groups is 1. The number of phenols is 1. The van der Waals surface area contributed by atoms with Crippen LogP contribution in [0.25, 0.3) is 16.9 Å². The molecule has 0 fully saturated rings. The Labute approximate surface area is 128 Å². The molecular formula is C17H18N2OS. The lowest BCUT2D eigenvalue weighted by Gasteiger charge is -2.01. The molecule has 0 bridgehead atoms. The van der Waals surface area contributed by atoms with Gasteiger partial charge in [-0.1, -0.05) is 13.3 Å². The summed E-state index contributed by atoms with van der Waals surface area (Å²) in [5.41, 5.74) is 2.88. The van der Waals surface area contributed by atoms with Crippen LogP contribution in [0.3, 0.4) is 0 Å². The fourth-order valence-corrected chi connectivity index (χ4v) is 3.18. The molecule has 0 radical (unpaired) electrons. The number of rotatable bonds is 5. The monoisotopic (exact) mass is 298 g/mol. The molecule has 2 heterocycles. The van der Waals surface area contributed by atoms with Gasteiger partial charge in [0.25, 0.3) is 0 Å². The van der Waals surface area contributed by atoms with Crippen LogP contribution >= 0.6 is 11.8 Å². The smallest absolute Gasteiger partial charge is 0.137 e. The van der Waals surface area contributed by atoms with Gasteiger partial charge in [0.2, 0.25) is 0 Å². The van der Waals surface area contributed by atoms with Crippen molar-refractivity contribution in [1.29, 1.82) is 0 Å². The number of imidazole rings is 1. The fourth-order valence-electron chi connectivity index (χ4n) is 2.16. The van der Waals surface area contributed by atoms with Gasteiger partial charge >= 0.3 is 0 Å². The fraction of sp³-hybridized carbons (Fsp3) is 0.235. The van der Waals surface area contributed by atoms with Crippen LogP contribution < -0.4 is 0 Å². The number of hydrogen-bond donors (Lipinski definition) is 1. The van der Waals surface area contributed by atoms with Gasteiger partial charge in [-0.25, -0.2) is 4.98 Å². The van der Waals surface area contributed by atoms with Crippen molar-refractivity contribution in [1.82, 2.24) is 9.38 Å². The highest BCUT2D eigenvalue weighted by Gasteiger charge is 2.05. The Morgan fingerprint density at radius 2 is 1.90 bits per heavy atom. The van der Waals surface area contributed by atoms with E-state index in [4.69, 9.17) is 0 Å². The third-order valence-electron chi connectivity index (χ3n) is 3.35. The van der Waals surface area contributed by atoms with E-state index in [1.165, 1.54) is 17.7 Å². The number of fused-ring (bicyclic) bond motifs is 1. The third kappa shape index (κ3) is 3.22. The Morgan fingerprint density at radius 3 is 2.67 bits per heavy atom. The number of pyridine rings is 1. The van der Waals surface area contributed by atoms with Crippen LogP contribution in [-0.2, 0) is 0 Å². The lowest BCUT2D eigenvalue weighted by molar-refractivity contribution is 0.475. The van der Waals surface area contributed by atoms with Gasteiger partial charge in [-0.3, -0.25) is 0 Å². The molecule has 0 amide bonds. The van der Waals surface area contributed by atoms with Crippen molar-refractivity contribution in [3.8, 4) is 17.0 Å². The SMILES string of the molecule is CCCCSc1ccc2nc(-c3ccc(O)cc3)cn2c1. The molecule has 0 aliphatic heterocycles. The molecule has 4 heteroatoms. The van der Waals surface area contributed by atoms with Crippen molar-refractivity contribution in [3.63, 3.8) is 0 Å². The van der Waals surface area contributed by atoms with E-state index >= 15 is 0 Å². The molecule has 0 aliphatic carbocycles. The number of unbranched alkanes of at least 4 members (excludes halogenated alkanes) is 1. The Kier molecular flexibility index (Phi) is 4.15. The summed E-state index contributed by atoms with van der Waals surface area (Å²) in [4.78, 5) is 5.89. The zero-order valence-corrected chi connectivity index (χ0v) is 12.8. The maximum absolute atomic E-state index is 9.35. The topological polar surface area (TPSA) is 37.5 Å². The molecule has 0 unspecified atom stereocenters. The second-order valence-electron chi connectivity index (χ2n) is 5.01. The number of hydrogen-bond acceptors (Lipinski definition) is 3. The second-order valence-corrected chi connectivity index (χ2v) is 6.17. The molecule has 0 saturated carbocycles. The first-order valence-corrected chi connectivity index (χ1v) is 8.16. The maximum atomic E-state index is 9.35. The van der Waals surface area contributed by atoms with Crippen LogP contribution in [0.5, 0.6) is 5.75 Å². The summed E-state index contributed by atoms with van der Waals surface area (Å²) < 4.78 is 2.07. The summed E-state index contributed by atoms with van der Waals surface area (Å²) in [5.74, 6) is 1.43. The molecule has 0 aliphatic rings. The number of benzene rings is 1. The molecule has 108 valence electrons. The van der Waals surface area contributed by atoms with Crippen LogP contribution in [-0.4, -0.2) is 20.2 Å². The first-order chi connectivity index (χ1) is 10.3. The molecule has 0 saturated heterocycles. The summed E-state index contributed by atoms with van der Waals surface area (Å²) in [7, 11) is 0. The van der Waals surface area contributed by atoms with Crippen molar-refractivity contribution in [3.05, 3.63) is 48.8 Å². The number of aromatic nitrogens is 2. The molecule has 3 rings (SSSR count). The van der Waals surface area contributed by atoms with Gasteiger partial charge in [0.15, 0.2) is 0 Å². The van der Waals surface area contributed by atoms with Gasteiger partial charge in [0.05, 0.1) is 5.69 Å². The standard InChI is InChI=1S/C17H18N2OS/c1-2-3-10-21-15-8-9-17-18-16(12-19(17)11-15)13-4-6-14(20)7-5-13/h4-9,11-12,20H,2-3,10H2,1H3. The predicted molar refractivity (Wildman–Crippen MR) is 87.9 cm³/mol. The average molecular weight is 298 g/mol. The molecule has 3 aromatic rings. The molecule has 1 aromatic carbocycles. The van der Waals surface area contributed by atoms with Crippen molar-refractivity contribution >= 4 is 17.4 Å². The molecule has 2 aromatic heterocycles. The third-order valence-corrected chi connectivity index (χ3v) is 4.42. The maximum Gasteiger partial charge on any atom is 0.137 e. The summed E-state index contributed by atoms with van der Waals surface area (Å²) >= 11 is 1.89. The molecular weight excluding hydrogens is 280 g/mol. The van der Waals surface area contributed by atoms with E-state index in [1.54, 1.807) is 12.1 Å². The highest BCUT2D eigenvalue weighted by molar-refractivity contribution is 7.99. The summed E-state index contributed by atoms with van der Waals surface area (Å²) in [6.45, 7) is 2.21. The second kappa shape index (κ2) is 6.22. The Bertz CT molecular complexity index is 734. The number of phenolic OH excluding ortho intramolecular Hbond substituents is 1. The van der Waals surface area contributed by atoms with Crippen molar-refractivity contribution < 1.29 is 5.11 Å². The van der Waals surface area contributed by atoms with Crippen molar-refractivity contribution in [2.75, 3.05) is 5.75 Å². The van der Waals surface area contributed by atoms with Crippen LogP contribution in [0.15, 0.2) is 53.7 Å². The van der Waals surface area contributed by atoms with Gasteiger partial charge in [0.1, 0.15) is 11.4 Å². The minimum Gasteiger partial charge on any atom is -0.508 e. The minimum atomic E-state index is 0.275. The highest BCUT2D eigenvalue weighted by atomic mass is 32.2. The summed E-state index contributed by atoms with van der Waals surface area (Å²) in [6.07, 6.45) is 6.63. The van der Waals surface area contributed by atoms with Crippen molar-refractivity contribution in [2.24, 2.45) is 0 Å². The molecule has 21 heavy (non-hydrogen) atoms. The van der Waals surface area contributed by atoms with E-state index in [9.17, 15) is 5.11 Å². The first-order valence-electron chi connectivity index (χ1n) is 7.17. The van der Waals surface area contributed by atoms with Crippen LogP contribution in [0, 0.1) is 0 Å². The Morgan fingerprint density at radius 1 is 1.10 bits per heavy atom. The Hall–Kier alpha value is -1.94. The zero-order valence-electron chi connectivity index (χ0n) is 12.0. The highest BCUT2D eigenvalue weighted by Crippen LogP contribution is 2.24. The van der Waals surface area contributed by atoms with E-state index < -0.39 is 0 Å². The van der Waals surface area contributed by atoms with E-state index in [0.717, 1.165) is 22.7 Å². The van der Waals surface area contributed by atoms with E-state index in [1.807, 2.05) is 30.1 Å². The van der Waals surface area contributed by atoms with Gasteiger partial charge in [-0.15, -0.1) is 11.8 Å². The van der Waals surface area contributed by atoms with E-state index in [0.29, 0.717) is 0 Å². The lowest BCUT2D eigenvalue weighted by Crippen LogP contribution is -1.84. The van der Waals surface area contributed by atoms with E-state index in [-0.39, 0.29) is 5.75 Å². The molecule has 0 spiro atoms. The van der Waals surface area contributed by atoms with Gasteiger partial charge in [0, 0.05) is 22.9 Å². The van der Waals surface area contributed by atoms with Crippen molar-refractivity contribution in [2.45, 2.75) is 24.7 Å². The zero-order chi connectivity index (χ0) is 14.7. The number of nitrogens with zero attached hydrogens (tertiary/aromatic N) is 2. The molecule has 1 N–H and O–H groups in total. The summed E-state index contributed by atoms with van der Waals surface area (Å²) in [5, 5.41) is 9.35. The average Bonchev–Trinajstić information content (AvgIpc) is 2.91. The first kappa shape index (κ1) is 14.0. The van der Waals surface area contributed by atoms with Gasteiger partial charge in [-0.05, 0) is 48.6 Å². The van der Waals surface area contributed by atoms with Crippen LogP contribution in [0.2, 0.25) is 0 Å².